The lowest BCUT2D eigenvalue weighted by molar-refractivity contribution is 0.473. The molecule has 102 valence electrons. The van der Waals surface area contributed by atoms with Crippen molar-refractivity contribution in [3.63, 3.8) is 0 Å². The molecule has 4 rings (SSSR count). The molecule has 2 heterocycles. The first-order valence-electron chi connectivity index (χ1n) is 6.63. The predicted molar refractivity (Wildman–Crippen MR) is 80.4 cm³/mol. The molecule has 0 unspecified atom stereocenters. The van der Waals surface area contributed by atoms with Crippen LogP contribution in [0.3, 0.4) is 0 Å². The molecule has 0 radical (unpaired) electrons. The van der Waals surface area contributed by atoms with Crippen molar-refractivity contribution >= 4 is 11.0 Å². The minimum absolute atomic E-state index is 0.213. The van der Waals surface area contributed by atoms with Crippen molar-refractivity contribution in [1.29, 1.82) is 0 Å². The number of hydrogen-bond acceptors (Lipinski definition) is 3. The third kappa shape index (κ3) is 1.80. The van der Waals surface area contributed by atoms with Gasteiger partial charge in [-0.15, -0.1) is 0 Å². The summed E-state index contributed by atoms with van der Waals surface area (Å²) in [5.74, 6) is 0.955. The lowest BCUT2D eigenvalue weighted by Crippen LogP contribution is -1.97. The Morgan fingerprint density at radius 2 is 1.76 bits per heavy atom. The summed E-state index contributed by atoms with van der Waals surface area (Å²) < 4.78 is 7.11. The fourth-order valence-corrected chi connectivity index (χ4v) is 2.51. The fraction of sp³-hybridized carbons (Fsp3) is 0. The van der Waals surface area contributed by atoms with Crippen LogP contribution in [0.1, 0.15) is 0 Å². The highest BCUT2D eigenvalue weighted by molar-refractivity contribution is 5.83. The maximum Gasteiger partial charge on any atom is 0.149 e. The van der Waals surface area contributed by atoms with Gasteiger partial charge in [0.2, 0.25) is 0 Å². The summed E-state index contributed by atoms with van der Waals surface area (Å²) in [7, 11) is 0. The average Bonchev–Trinajstić information content (AvgIpc) is 3.15. The maximum absolute atomic E-state index is 10.2. The highest BCUT2D eigenvalue weighted by atomic mass is 16.3. The largest absolute Gasteiger partial charge is 0.506 e. The maximum atomic E-state index is 10.2. The minimum atomic E-state index is 0.213. The molecule has 0 atom stereocenters. The summed E-state index contributed by atoms with van der Waals surface area (Å²) >= 11 is 0. The molecule has 2 aromatic heterocycles. The SMILES string of the molecule is Oc1ccccc1-n1c(-c2ccoc2)nc2ccccc21. The summed E-state index contributed by atoms with van der Waals surface area (Å²) in [6.07, 6.45) is 3.27. The Bertz CT molecular complexity index is 908. The van der Waals surface area contributed by atoms with E-state index in [1.165, 1.54) is 0 Å². The van der Waals surface area contributed by atoms with Gasteiger partial charge in [0.15, 0.2) is 0 Å². The fourth-order valence-electron chi connectivity index (χ4n) is 2.51. The average molecular weight is 276 g/mol. The summed E-state index contributed by atoms with van der Waals surface area (Å²) in [5.41, 5.74) is 3.38. The van der Waals surface area contributed by atoms with Crippen molar-refractivity contribution in [1.82, 2.24) is 9.55 Å². The van der Waals surface area contributed by atoms with E-state index in [4.69, 9.17) is 4.42 Å². The number of fused-ring (bicyclic) bond motifs is 1. The molecule has 2 aromatic carbocycles. The number of aromatic nitrogens is 2. The molecule has 0 aliphatic carbocycles. The molecule has 4 nitrogen and oxygen atoms in total. The lowest BCUT2D eigenvalue weighted by Gasteiger charge is -2.09. The van der Waals surface area contributed by atoms with E-state index in [2.05, 4.69) is 4.98 Å². The van der Waals surface area contributed by atoms with E-state index in [0.29, 0.717) is 5.69 Å². The quantitative estimate of drug-likeness (QED) is 0.602. The van der Waals surface area contributed by atoms with E-state index < -0.39 is 0 Å². The number of aromatic hydroxyl groups is 1. The first-order valence-corrected chi connectivity index (χ1v) is 6.63. The second kappa shape index (κ2) is 4.52. The summed E-state index contributed by atoms with van der Waals surface area (Å²) in [6.45, 7) is 0. The number of imidazole rings is 1. The molecular weight excluding hydrogens is 264 g/mol. The van der Waals surface area contributed by atoms with Gasteiger partial charge in [0.05, 0.1) is 28.5 Å². The highest BCUT2D eigenvalue weighted by Crippen LogP contribution is 2.32. The zero-order valence-corrected chi connectivity index (χ0v) is 11.1. The van der Waals surface area contributed by atoms with E-state index in [1.54, 1.807) is 24.7 Å². The first kappa shape index (κ1) is 11.8. The number of hydrogen-bond donors (Lipinski definition) is 1. The molecule has 1 N–H and O–H groups in total. The Hall–Kier alpha value is -3.01. The summed E-state index contributed by atoms with van der Waals surface area (Å²) in [6, 6.07) is 16.9. The number of phenols is 1. The van der Waals surface area contributed by atoms with Gasteiger partial charge in [-0.1, -0.05) is 24.3 Å². The first-order chi connectivity index (χ1) is 10.3. The molecule has 0 saturated carbocycles. The zero-order valence-electron chi connectivity index (χ0n) is 11.1. The van der Waals surface area contributed by atoms with E-state index in [-0.39, 0.29) is 5.75 Å². The normalized spacial score (nSPS) is 11.0. The van der Waals surface area contributed by atoms with Crippen LogP contribution in [0.2, 0.25) is 0 Å². The molecule has 0 aliphatic rings. The standard InChI is InChI=1S/C17H12N2O2/c20-16-8-4-3-7-15(16)19-14-6-2-1-5-13(14)18-17(19)12-9-10-21-11-12/h1-11,20H. The smallest absolute Gasteiger partial charge is 0.149 e. The third-order valence-electron chi connectivity index (χ3n) is 3.46. The molecule has 4 heteroatoms. The molecule has 0 aliphatic heterocycles. The highest BCUT2D eigenvalue weighted by Gasteiger charge is 2.16. The Kier molecular flexibility index (Phi) is 2.54. The molecular formula is C17H12N2O2. The molecule has 0 amide bonds. The summed E-state index contributed by atoms with van der Waals surface area (Å²) in [4.78, 5) is 4.66. The second-order valence-corrected chi connectivity index (χ2v) is 4.76. The van der Waals surface area contributed by atoms with Gasteiger partial charge >= 0.3 is 0 Å². The number of para-hydroxylation sites is 4. The van der Waals surface area contributed by atoms with E-state index >= 15 is 0 Å². The molecule has 0 fully saturated rings. The van der Waals surface area contributed by atoms with E-state index in [9.17, 15) is 5.11 Å². The Morgan fingerprint density at radius 3 is 2.57 bits per heavy atom. The van der Waals surface area contributed by atoms with Crippen molar-refractivity contribution in [2.75, 3.05) is 0 Å². The number of nitrogens with zero attached hydrogens (tertiary/aromatic N) is 2. The van der Waals surface area contributed by atoms with Crippen LogP contribution in [0.25, 0.3) is 28.1 Å². The van der Waals surface area contributed by atoms with Crippen LogP contribution in [-0.2, 0) is 0 Å². The Balaban J connectivity index is 2.11. The van der Waals surface area contributed by atoms with Gasteiger partial charge in [-0.25, -0.2) is 4.98 Å². The number of furan rings is 1. The van der Waals surface area contributed by atoms with Crippen LogP contribution in [0.5, 0.6) is 5.75 Å². The van der Waals surface area contributed by atoms with Crippen molar-refractivity contribution in [2.45, 2.75) is 0 Å². The third-order valence-corrected chi connectivity index (χ3v) is 3.46. The van der Waals surface area contributed by atoms with Crippen LogP contribution in [0.15, 0.2) is 71.5 Å². The Labute approximate surface area is 120 Å². The van der Waals surface area contributed by atoms with Crippen molar-refractivity contribution < 1.29 is 9.52 Å². The van der Waals surface area contributed by atoms with Gasteiger partial charge in [-0.2, -0.15) is 0 Å². The predicted octanol–water partition coefficient (Wildman–Crippen LogP) is 3.99. The van der Waals surface area contributed by atoms with Gasteiger partial charge in [0.25, 0.3) is 0 Å². The van der Waals surface area contributed by atoms with Crippen LogP contribution >= 0.6 is 0 Å². The van der Waals surface area contributed by atoms with Crippen LogP contribution in [0.4, 0.5) is 0 Å². The van der Waals surface area contributed by atoms with E-state index in [1.807, 2.05) is 47.0 Å². The van der Waals surface area contributed by atoms with Crippen molar-refractivity contribution in [3.8, 4) is 22.8 Å². The number of phenolic OH excluding ortho intramolecular Hbond substituents is 1. The lowest BCUT2D eigenvalue weighted by atomic mass is 10.2. The minimum Gasteiger partial charge on any atom is -0.506 e. The van der Waals surface area contributed by atoms with Gasteiger partial charge in [0, 0.05) is 0 Å². The molecule has 0 spiro atoms. The van der Waals surface area contributed by atoms with Crippen LogP contribution in [-0.4, -0.2) is 14.7 Å². The van der Waals surface area contributed by atoms with Crippen molar-refractivity contribution in [3.05, 3.63) is 67.1 Å². The Morgan fingerprint density at radius 1 is 0.952 bits per heavy atom. The number of rotatable bonds is 2. The van der Waals surface area contributed by atoms with Gasteiger partial charge in [0.1, 0.15) is 17.8 Å². The van der Waals surface area contributed by atoms with Crippen LogP contribution in [0, 0.1) is 0 Å². The second-order valence-electron chi connectivity index (χ2n) is 4.76. The topological polar surface area (TPSA) is 51.2 Å². The van der Waals surface area contributed by atoms with Gasteiger partial charge in [-0.3, -0.25) is 4.57 Å². The molecule has 21 heavy (non-hydrogen) atoms. The molecule has 0 bridgehead atoms. The molecule has 0 saturated heterocycles. The van der Waals surface area contributed by atoms with Gasteiger partial charge < -0.3 is 9.52 Å². The monoisotopic (exact) mass is 276 g/mol. The van der Waals surface area contributed by atoms with Crippen LogP contribution < -0.4 is 0 Å². The number of benzene rings is 2. The van der Waals surface area contributed by atoms with E-state index in [0.717, 1.165) is 22.4 Å². The zero-order chi connectivity index (χ0) is 14.2. The molecule has 4 aromatic rings. The van der Waals surface area contributed by atoms with Gasteiger partial charge in [-0.05, 0) is 30.3 Å². The van der Waals surface area contributed by atoms with Crippen molar-refractivity contribution in [2.24, 2.45) is 0 Å². The summed E-state index contributed by atoms with van der Waals surface area (Å²) in [5, 5.41) is 10.2.